The Bertz CT molecular complexity index is 1640. The SMILES string of the molecule is Cc1ccc(S(=O)(=O)N(CC(=O)N/N=C\c2cc(C)n(-c3c(C)cccc3C)c2C)c2ccccc2Cl)cc1. The molecular weight excluding hydrogens is 532 g/mol. The van der Waals surface area contributed by atoms with E-state index in [1.54, 1.807) is 42.6 Å². The molecule has 4 aromatic rings. The van der Waals surface area contributed by atoms with Gasteiger partial charge in [-0.25, -0.2) is 13.8 Å². The van der Waals surface area contributed by atoms with Crippen molar-refractivity contribution in [2.45, 2.75) is 39.5 Å². The zero-order valence-corrected chi connectivity index (χ0v) is 24.1. The fourth-order valence-corrected chi connectivity index (χ4v) is 6.28. The van der Waals surface area contributed by atoms with Gasteiger partial charge in [-0.15, -0.1) is 0 Å². The van der Waals surface area contributed by atoms with Crippen molar-refractivity contribution >= 4 is 39.4 Å². The fourth-order valence-electron chi connectivity index (χ4n) is 4.55. The van der Waals surface area contributed by atoms with Crippen molar-refractivity contribution in [3.8, 4) is 5.69 Å². The third kappa shape index (κ3) is 5.92. The third-order valence-corrected chi connectivity index (χ3v) is 8.64. The summed E-state index contributed by atoms with van der Waals surface area (Å²) < 4.78 is 30.3. The number of aromatic nitrogens is 1. The molecule has 0 aliphatic carbocycles. The highest BCUT2D eigenvalue weighted by molar-refractivity contribution is 7.92. The molecule has 0 radical (unpaired) electrons. The number of amides is 1. The average Bonchev–Trinajstić information content (AvgIpc) is 3.16. The summed E-state index contributed by atoms with van der Waals surface area (Å²) >= 11 is 6.34. The summed E-state index contributed by atoms with van der Waals surface area (Å²) in [7, 11) is -4.08. The highest BCUT2D eigenvalue weighted by Gasteiger charge is 2.28. The van der Waals surface area contributed by atoms with Crippen LogP contribution in [0, 0.1) is 34.6 Å². The highest BCUT2D eigenvalue weighted by atomic mass is 35.5. The van der Waals surface area contributed by atoms with E-state index in [2.05, 4.69) is 41.1 Å². The molecule has 39 heavy (non-hydrogen) atoms. The van der Waals surface area contributed by atoms with Gasteiger partial charge in [0.05, 0.1) is 27.5 Å². The molecule has 3 aromatic carbocycles. The molecule has 0 saturated heterocycles. The molecule has 1 N–H and O–H groups in total. The highest BCUT2D eigenvalue weighted by Crippen LogP contribution is 2.30. The van der Waals surface area contributed by atoms with E-state index in [1.165, 1.54) is 12.1 Å². The van der Waals surface area contributed by atoms with E-state index in [9.17, 15) is 13.2 Å². The molecule has 9 heteroatoms. The second kappa shape index (κ2) is 11.5. The summed E-state index contributed by atoms with van der Waals surface area (Å²) in [5, 5.41) is 4.35. The van der Waals surface area contributed by atoms with Gasteiger partial charge >= 0.3 is 0 Å². The number of nitrogens with one attached hydrogen (secondary N) is 1. The predicted molar refractivity (Wildman–Crippen MR) is 158 cm³/mol. The van der Waals surface area contributed by atoms with Crippen molar-refractivity contribution in [2.24, 2.45) is 5.10 Å². The predicted octanol–water partition coefficient (Wildman–Crippen LogP) is 6.02. The monoisotopic (exact) mass is 562 g/mol. The number of para-hydroxylation sites is 2. The van der Waals surface area contributed by atoms with Crippen molar-refractivity contribution < 1.29 is 13.2 Å². The quantitative estimate of drug-likeness (QED) is 0.210. The Morgan fingerprint density at radius 1 is 0.949 bits per heavy atom. The van der Waals surface area contributed by atoms with Crippen LogP contribution in [0.2, 0.25) is 5.02 Å². The number of benzene rings is 3. The van der Waals surface area contributed by atoms with E-state index >= 15 is 0 Å². The molecule has 0 atom stereocenters. The first kappa shape index (κ1) is 28.1. The topological polar surface area (TPSA) is 83.8 Å². The minimum atomic E-state index is -4.08. The Balaban J connectivity index is 1.58. The molecule has 0 bridgehead atoms. The Morgan fingerprint density at radius 3 is 2.23 bits per heavy atom. The molecule has 1 amide bonds. The van der Waals surface area contributed by atoms with Gasteiger partial charge in [0.1, 0.15) is 6.54 Å². The number of anilines is 1. The van der Waals surface area contributed by atoms with Crippen LogP contribution in [0.25, 0.3) is 5.69 Å². The second-order valence-corrected chi connectivity index (χ2v) is 11.7. The third-order valence-electron chi connectivity index (χ3n) is 6.54. The largest absolute Gasteiger partial charge is 0.317 e. The van der Waals surface area contributed by atoms with E-state index in [4.69, 9.17) is 11.6 Å². The number of hydrogen-bond acceptors (Lipinski definition) is 4. The van der Waals surface area contributed by atoms with Crippen LogP contribution in [-0.4, -0.2) is 31.7 Å². The van der Waals surface area contributed by atoms with Crippen LogP contribution >= 0.6 is 11.6 Å². The minimum Gasteiger partial charge on any atom is -0.317 e. The standard InChI is InChI=1S/C30H31ClN4O3S/c1-20-13-15-26(16-14-20)39(37,38)34(28-12-7-6-11-27(28)31)19-29(36)33-32-18-25-17-23(4)35(24(25)5)30-21(2)9-8-10-22(30)3/h6-18H,19H2,1-5H3,(H,33,36)/b32-18-. The molecule has 0 saturated carbocycles. The molecule has 4 rings (SSSR count). The zero-order valence-electron chi connectivity index (χ0n) is 22.6. The van der Waals surface area contributed by atoms with Crippen molar-refractivity contribution in [3.05, 3.63) is 111 Å². The van der Waals surface area contributed by atoms with Gasteiger partial charge in [0.25, 0.3) is 15.9 Å². The van der Waals surface area contributed by atoms with Crippen molar-refractivity contribution in [1.29, 1.82) is 0 Å². The Kier molecular flexibility index (Phi) is 8.28. The zero-order chi connectivity index (χ0) is 28.3. The van der Waals surface area contributed by atoms with Crippen LogP contribution in [0.3, 0.4) is 0 Å². The summed E-state index contributed by atoms with van der Waals surface area (Å²) in [6, 6.07) is 21.1. The maximum atomic E-state index is 13.5. The number of nitrogens with zero attached hydrogens (tertiary/aromatic N) is 3. The molecule has 0 aliphatic rings. The van der Waals surface area contributed by atoms with Crippen molar-refractivity contribution in [2.75, 3.05) is 10.8 Å². The first-order chi connectivity index (χ1) is 18.5. The molecule has 1 heterocycles. The second-order valence-electron chi connectivity index (χ2n) is 9.47. The smallest absolute Gasteiger partial charge is 0.264 e. The molecule has 0 unspecified atom stereocenters. The normalized spacial score (nSPS) is 11.6. The maximum absolute atomic E-state index is 13.5. The fraction of sp³-hybridized carbons (Fsp3) is 0.200. The van der Waals surface area contributed by atoms with Gasteiger partial charge in [-0.1, -0.05) is 59.6 Å². The van der Waals surface area contributed by atoms with Crippen LogP contribution in [0.1, 0.15) is 33.6 Å². The van der Waals surface area contributed by atoms with E-state index in [1.807, 2.05) is 32.9 Å². The molecular formula is C30H31ClN4O3S. The van der Waals surface area contributed by atoms with Crippen LogP contribution in [0.5, 0.6) is 0 Å². The number of aryl methyl sites for hydroxylation is 4. The Hall–Kier alpha value is -3.88. The summed E-state index contributed by atoms with van der Waals surface area (Å²) in [6.45, 7) is 9.53. The number of hydrogen-bond donors (Lipinski definition) is 1. The molecule has 0 aliphatic heterocycles. The lowest BCUT2D eigenvalue weighted by molar-refractivity contribution is -0.119. The molecule has 0 fully saturated rings. The molecule has 202 valence electrons. The van der Waals surface area contributed by atoms with Crippen LogP contribution in [0.15, 0.2) is 82.8 Å². The van der Waals surface area contributed by atoms with Crippen LogP contribution < -0.4 is 9.73 Å². The summed E-state index contributed by atoms with van der Waals surface area (Å²) in [4.78, 5) is 13.0. The van der Waals surface area contributed by atoms with Gasteiger partial charge in [0.15, 0.2) is 0 Å². The molecule has 0 spiro atoms. The van der Waals surface area contributed by atoms with E-state index in [0.717, 1.165) is 43.6 Å². The number of carbonyl (C=O) groups is 1. The lowest BCUT2D eigenvalue weighted by Gasteiger charge is -2.24. The van der Waals surface area contributed by atoms with Gasteiger partial charge in [0, 0.05) is 17.0 Å². The van der Waals surface area contributed by atoms with Crippen LogP contribution in [-0.2, 0) is 14.8 Å². The van der Waals surface area contributed by atoms with Gasteiger partial charge < -0.3 is 4.57 Å². The summed E-state index contributed by atoms with van der Waals surface area (Å²) in [5.41, 5.74) is 9.87. The first-order valence-electron chi connectivity index (χ1n) is 12.4. The van der Waals surface area contributed by atoms with Crippen molar-refractivity contribution in [1.82, 2.24) is 9.99 Å². The summed E-state index contributed by atoms with van der Waals surface area (Å²) in [6.07, 6.45) is 1.57. The Morgan fingerprint density at radius 2 is 1.59 bits per heavy atom. The maximum Gasteiger partial charge on any atom is 0.264 e. The first-order valence-corrected chi connectivity index (χ1v) is 14.2. The number of sulfonamides is 1. The van der Waals surface area contributed by atoms with Gasteiger partial charge in [-0.2, -0.15) is 5.10 Å². The molecule has 7 nitrogen and oxygen atoms in total. The average molecular weight is 563 g/mol. The van der Waals surface area contributed by atoms with E-state index in [0.29, 0.717) is 0 Å². The molecule has 1 aromatic heterocycles. The Labute approximate surface area is 234 Å². The van der Waals surface area contributed by atoms with Gasteiger partial charge in [0.2, 0.25) is 0 Å². The van der Waals surface area contributed by atoms with E-state index < -0.39 is 22.5 Å². The minimum absolute atomic E-state index is 0.0586. The number of carbonyl (C=O) groups excluding carboxylic acids is 1. The summed E-state index contributed by atoms with van der Waals surface area (Å²) in [5.74, 6) is -0.606. The van der Waals surface area contributed by atoms with Gasteiger partial charge in [-0.3, -0.25) is 9.10 Å². The van der Waals surface area contributed by atoms with Gasteiger partial charge in [-0.05, 0) is 76.1 Å². The lowest BCUT2D eigenvalue weighted by Crippen LogP contribution is -2.39. The lowest BCUT2D eigenvalue weighted by atomic mass is 10.1. The number of halogens is 1. The van der Waals surface area contributed by atoms with Crippen molar-refractivity contribution in [3.63, 3.8) is 0 Å². The van der Waals surface area contributed by atoms with Crippen LogP contribution in [0.4, 0.5) is 5.69 Å². The number of rotatable bonds is 8. The number of hydrazone groups is 1. The van der Waals surface area contributed by atoms with E-state index in [-0.39, 0.29) is 15.6 Å².